The number of nitrogens with one attached hydrogen (secondary N) is 1. The number of aromatic nitrogens is 1. The first-order chi connectivity index (χ1) is 9.42. The Hall–Kier alpha value is -1.70. The van der Waals surface area contributed by atoms with E-state index in [-0.39, 0.29) is 4.90 Å². The van der Waals surface area contributed by atoms with Crippen LogP contribution in [0.15, 0.2) is 35.4 Å². The summed E-state index contributed by atoms with van der Waals surface area (Å²) in [5.41, 5.74) is 6.75. The van der Waals surface area contributed by atoms with Crippen LogP contribution in [0.3, 0.4) is 0 Å². The summed E-state index contributed by atoms with van der Waals surface area (Å²) in [5, 5.41) is 0.642. The number of fused-ring (bicyclic) bond motifs is 1. The maximum Gasteiger partial charge on any atom is 0.242 e. The van der Waals surface area contributed by atoms with E-state index in [0.717, 1.165) is 0 Å². The number of rotatable bonds is 5. The van der Waals surface area contributed by atoms with E-state index in [0.29, 0.717) is 29.7 Å². The number of hydrogen-bond acceptors (Lipinski definition) is 5. The molecule has 1 aromatic heterocycles. The number of nitrogens with zero attached hydrogens (tertiary/aromatic N) is 2. The molecule has 0 spiro atoms. The van der Waals surface area contributed by atoms with Gasteiger partial charge in [0.05, 0.1) is 5.52 Å². The molecule has 0 saturated heterocycles. The second kappa shape index (κ2) is 5.74. The molecule has 0 aliphatic heterocycles. The Labute approximate surface area is 118 Å². The molecule has 1 heterocycles. The van der Waals surface area contributed by atoms with Crippen molar-refractivity contribution in [2.24, 2.45) is 0 Å². The average molecular weight is 294 g/mol. The summed E-state index contributed by atoms with van der Waals surface area (Å²) in [6.45, 7) is 0.966. The topological polar surface area (TPSA) is 88.3 Å². The van der Waals surface area contributed by atoms with E-state index in [4.69, 9.17) is 5.73 Å². The van der Waals surface area contributed by atoms with Crippen LogP contribution in [0.4, 0.5) is 5.69 Å². The minimum atomic E-state index is -3.59. The molecule has 2 aromatic rings. The molecule has 0 radical (unpaired) electrons. The Bertz CT molecular complexity index is 713. The van der Waals surface area contributed by atoms with Gasteiger partial charge in [-0.25, -0.2) is 13.1 Å². The fourth-order valence-electron chi connectivity index (χ4n) is 1.87. The summed E-state index contributed by atoms with van der Waals surface area (Å²) in [6, 6.07) is 6.57. The number of hydrogen-bond donors (Lipinski definition) is 2. The predicted molar refractivity (Wildman–Crippen MR) is 79.9 cm³/mol. The van der Waals surface area contributed by atoms with Gasteiger partial charge in [-0.15, -0.1) is 0 Å². The first-order valence-electron chi connectivity index (χ1n) is 6.19. The van der Waals surface area contributed by atoms with Crippen molar-refractivity contribution < 1.29 is 8.42 Å². The van der Waals surface area contributed by atoms with E-state index in [1.165, 1.54) is 6.07 Å². The zero-order valence-corrected chi connectivity index (χ0v) is 12.3. The monoisotopic (exact) mass is 294 g/mol. The van der Waals surface area contributed by atoms with Gasteiger partial charge in [-0.3, -0.25) is 4.98 Å². The third-order valence-corrected chi connectivity index (χ3v) is 4.40. The average Bonchev–Trinajstić information content (AvgIpc) is 2.38. The summed E-state index contributed by atoms with van der Waals surface area (Å²) >= 11 is 0. The first kappa shape index (κ1) is 14.7. The third kappa shape index (κ3) is 3.06. The quantitative estimate of drug-likeness (QED) is 0.791. The number of nitrogens with two attached hydrogens (primary N) is 1. The van der Waals surface area contributed by atoms with Gasteiger partial charge in [0, 0.05) is 30.4 Å². The van der Waals surface area contributed by atoms with Gasteiger partial charge in [0.15, 0.2) is 0 Å². The molecular formula is C13H18N4O2S. The van der Waals surface area contributed by atoms with Gasteiger partial charge in [0.2, 0.25) is 10.0 Å². The molecule has 108 valence electrons. The Morgan fingerprint density at radius 1 is 1.30 bits per heavy atom. The summed E-state index contributed by atoms with van der Waals surface area (Å²) in [6.07, 6.45) is 1.56. The maximum absolute atomic E-state index is 12.3. The lowest BCUT2D eigenvalue weighted by molar-refractivity contribution is 0.412. The van der Waals surface area contributed by atoms with Gasteiger partial charge in [-0.05, 0) is 38.4 Å². The van der Waals surface area contributed by atoms with Gasteiger partial charge in [-0.2, -0.15) is 0 Å². The minimum Gasteiger partial charge on any atom is -0.398 e. The normalized spacial score (nSPS) is 12.2. The van der Waals surface area contributed by atoms with E-state index in [1.807, 2.05) is 19.0 Å². The molecule has 2 rings (SSSR count). The van der Waals surface area contributed by atoms with Crippen molar-refractivity contribution in [2.75, 3.05) is 32.9 Å². The number of pyridine rings is 1. The lowest BCUT2D eigenvalue weighted by Crippen LogP contribution is -2.31. The molecule has 3 N–H and O–H groups in total. The molecule has 0 atom stereocenters. The molecule has 0 saturated carbocycles. The Morgan fingerprint density at radius 3 is 2.75 bits per heavy atom. The fraction of sp³-hybridized carbons (Fsp3) is 0.308. The van der Waals surface area contributed by atoms with E-state index in [1.54, 1.807) is 24.4 Å². The van der Waals surface area contributed by atoms with Crippen molar-refractivity contribution in [3.05, 3.63) is 30.5 Å². The molecule has 0 unspecified atom stereocenters. The molecule has 6 nitrogen and oxygen atoms in total. The van der Waals surface area contributed by atoms with Crippen molar-refractivity contribution in [3.8, 4) is 0 Å². The zero-order valence-electron chi connectivity index (χ0n) is 11.5. The van der Waals surface area contributed by atoms with Crippen LogP contribution in [-0.4, -0.2) is 45.5 Å². The van der Waals surface area contributed by atoms with Crippen LogP contribution >= 0.6 is 0 Å². The Kier molecular flexibility index (Phi) is 4.22. The van der Waals surface area contributed by atoms with E-state index in [9.17, 15) is 8.42 Å². The van der Waals surface area contributed by atoms with E-state index >= 15 is 0 Å². The van der Waals surface area contributed by atoms with Crippen LogP contribution < -0.4 is 10.5 Å². The van der Waals surface area contributed by atoms with Crippen molar-refractivity contribution in [3.63, 3.8) is 0 Å². The fourth-order valence-corrected chi connectivity index (χ4v) is 3.05. The Morgan fingerprint density at radius 2 is 2.05 bits per heavy atom. The van der Waals surface area contributed by atoms with Gasteiger partial charge in [0.25, 0.3) is 0 Å². The van der Waals surface area contributed by atoms with Crippen LogP contribution in [0.1, 0.15) is 0 Å². The summed E-state index contributed by atoms with van der Waals surface area (Å²) in [7, 11) is 0.173. The highest BCUT2D eigenvalue weighted by Crippen LogP contribution is 2.25. The van der Waals surface area contributed by atoms with Crippen LogP contribution in [0, 0.1) is 0 Å². The van der Waals surface area contributed by atoms with Crippen molar-refractivity contribution >= 4 is 26.6 Å². The second-order valence-electron chi connectivity index (χ2n) is 4.75. The molecule has 0 bridgehead atoms. The second-order valence-corrected chi connectivity index (χ2v) is 6.49. The molecule has 0 fully saturated rings. The van der Waals surface area contributed by atoms with Gasteiger partial charge >= 0.3 is 0 Å². The number of likely N-dealkylation sites (N-methyl/N-ethyl adjacent to an activating group) is 1. The summed E-state index contributed by atoms with van der Waals surface area (Å²) in [5.74, 6) is 0. The molecule has 7 heteroatoms. The lowest BCUT2D eigenvalue weighted by Gasteiger charge is -2.12. The van der Waals surface area contributed by atoms with Crippen LogP contribution in [0.5, 0.6) is 0 Å². The summed E-state index contributed by atoms with van der Waals surface area (Å²) < 4.78 is 27.2. The highest BCUT2D eigenvalue weighted by atomic mass is 32.2. The molecule has 1 aromatic carbocycles. The smallest absolute Gasteiger partial charge is 0.242 e. The van der Waals surface area contributed by atoms with Gasteiger partial charge in [0.1, 0.15) is 4.90 Å². The number of benzene rings is 1. The summed E-state index contributed by atoms with van der Waals surface area (Å²) in [4.78, 5) is 6.20. The molecular weight excluding hydrogens is 276 g/mol. The van der Waals surface area contributed by atoms with Crippen LogP contribution in [0.25, 0.3) is 10.9 Å². The molecule has 0 amide bonds. The lowest BCUT2D eigenvalue weighted by atomic mass is 10.2. The molecule has 0 aliphatic rings. The number of nitrogen functional groups attached to an aromatic ring is 1. The van der Waals surface area contributed by atoms with Crippen LogP contribution in [0.2, 0.25) is 0 Å². The van der Waals surface area contributed by atoms with Gasteiger partial charge in [-0.1, -0.05) is 0 Å². The SMILES string of the molecule is CN(C)CCNS(=O)(=O)c1ccc(N)c2cccnc12. The molecule has 0 aliphatic carbocycles. The van der Waals surface area contributed by atoms with E-state index in [2.05, 4.69) is 9.71 Å². The van der Waals surface area contributed by atoms with Crippen molar-refractivity contribution in [1.29, 1.82) is 0 Å². The van der Waals surface area contributed by atoms with Gasteiger partial charge < -0.3 is 10.6 Å². The largest absolute Gasteiger partial charge is 0.398 e. The minimum absolute atomic E-state index is 0.154. The highest BCUT2D eigenvalue weighted by Gasteiger charge is 2.18. The zero-order chi connectivity index (χ0) is 14.8. The highest BCUT2D eigenvalue weighted by molar-refractivity contribution is 7.89. The third-order valence-electron chi connectivity index (χ3n) is 2.91. The Balaban J connectivity index is 2.40. The number of sulfonamides is 1. The standard InChI is InChI=1S/C13H18N4O2S/c1-17(2)9-8-16-20(18,19)12-6-5-11(14)10-4-3-7-15-13(10)12/h3-7,16H,8-9,14H2,1-2H3. The van der Waals surface area contributed by atoms with Crippen molar-refractivity contribution in [1.82, 2.24) is 14.6 Å². The van der Waals surface area contributed by atoms with Crippen molar-refractivity contribution in [2.45, 2.75) is 4.90 Å². The van der Waals surface area contributed by atoms with Crippen LogP contribution in [-0.2, 0) is 10.0 Å². The maximum atomic E-state index is 12.3. The number of anilines is 1. The first-order valence-corrected chi connectivity index (χ1v) is 7.68. The van der Waals surface area contributed by atoms with E-state index < -0.39 is 10.0 Å². The predicted octanol–water partition coefficient (Wildman–Crippen LogP) is 0.657. The molecule has 20 heavy (non-hydrogen) atoms.